The van der Waals surface area contributed by atoms with E-state index in [1.807, 2.05) is 0 Å². The minimum absolute atomic E-state index is 0.0291. The van der Waals surface area contributed by atoms with E-state index in [2.05, 4.69) is 0 Å². The normalized spacial score (nSPS) is 17.8. The fourth-order valence-electron chi connectivity index (χ4n) is 2.43. The molecule has 8 heteroatoms. The van der Waals surface area contributed by atoms with Crippen LogP contribution in [0.2, 0.25) is 0 Å². The lowest BCUT2D eigenvalue weighted by atomic mass is 10.1. The molecule has 0 unspecified atom stereocenters. The molecule has 0 bridgehead atoms. The van der Waals surface area contributed by atoms with Gasteiger partial charge in [0.2, 0.25) is 0 Å². The monoisotopic (exact) mass is 296 g/mol. The Hall–Kier alpha value is -2.51. The number of carbonyl (C=O) groups excluding carboxylic acids is 1. The van der Waals surface area contributed by atoms with Crippen molar-refractivity contribution >= 4 is 17.6 Å². The van der Waals surface area contributed by atoms with Gasteiger partial charge in [-0.1, -0.05) is 0 Å². The van der Waals surface area contributed by atoms with Crippen LogP contribution in [0.3, 0.4) is 0 Å². The number of likely N-dealkylation sites (tertiary alicyclic amines) is 1. The number of amides is 1. The number of carboxylic acids is 1. The van der Waals surface area contributed by atoms with Crippen molar-refractivity contribution in [1.82, 2.24) is 4.90 Å². The Balaban J connectivity index is 2.43. The molecule has 21 heavy (non-hydrogen) atoms. The highest BCUT2D eigenvalue weighted by Crippen LogP contribution is 2.26. The first kappa shape index (κ1) is 14.9. The molecule has 7 nitrogen and oxygen atoms in total. The molecule has 1 N–H and O–H groups in total. The van der Waals surface area contributed by atoms with Crippen LogP contribution in [0.1, 0.15) is 28.8 Å². The maximum absolute atomic E-state index is 14.1. The number of carbonyl (C=O) groups is 2. The molecule has 1 fully saturated rings. The third-order valence-corrected chi connectivity index (χ3v) is 3.48. The number of rotatable bonds is 3. The molecular formula is C13H13FN2O5. The van der Waals surface area contributed by atoms with Gasteiger partial charge in [0.1, 0.15) is 11.9 Å². The number of hydrogen-bond donors (Lipinski definition) is 1. The lowest BCUT2D eigenvalue weighted by molar-refractivity contribution is -0.385. The van der Waals surface area contributed by atoms with E-state index in [0.717, 1.165) is 17.0 Å². The number of aryl methyl sites for hydroxylation is 1. The topological polar surface area (TPSA) is 101 Å². The van der Waals surface area contributed by atoms with Gasteiger partial charge in [-0.05, 0) is 25.3 Å². The van der Waals surface area contributed by atoms with E-state index < -0.39 is 39.9 Å². The zero-order valence-corrected chi connectivity index (χ0v) is 11.2. The first-order valence-corrected chi connectivity index (χ1v) is 6.31. The molecule has 0 aliphatic carbocycles. The average Bonchev–Trinajstić information content (AvgIpc) is 2.90. The van der Waals surface area contributed by atoms with E-state index in [-0.39, 0.29) is 18.5 Å². The van der Waals surface area contributed by atoms with Crippen molar-refractivity contribution in [1.29, 1.82) is 0 Å². The Bertz CT molecular complexity index is 631. The van der Waals surface area contributed by atoms with Gasteiger partial charge < -0.3 is 10.0 Å². The molecule has 0 saturated carbocycles. The average molecular weight is 296 g/mol. The molecule has 1 aromatic rings. The van der Waals surface area contributed by atoms with Gasteiger partial charge in [-0.3, -0.25) is 14.9 Å². The van der Waals surface area contributed by atoms with Crippen LogP contribution in [-0.2, 0) is 4.79 Å². The van der Waals surface area contributed by atoms with E-state index in [1.165, 1.54) is 6.92 Å². The van der Waals surface area contributed by atoms with Crippen LogP contribution in [0.4, 0.5) is 10.1 Å². The second-order valence-corrected chi connectivity index (χ2v) is 4.88. The highest BCUT2D eigenvalue weighted by Gasteiger charge is 2.36. The second-order valence-electron chi connectivity index (χ2n) is 4.88. The molecule has 1 aromatic carbocycles. The van der Waals surface area contributed by atoms with Crippen LogP contribution >= 0.6 is 0 Å². The van der Waals surface area contributed by atoms with Gasteiger partial charge in [-0.2, -0.15) is 0 Å². The van der Waals surface area contributed by atoms with E-state index in [1.54, 1.807) is 0 Å². The van der Waals surface area contributed by atoms with Gasteiger partial charge in [0, 0.05) is 18.7 Å². The summed E-state index contributed by atoms with van der Waals surface area (Å²) in [6.45, 7) is 1.51. The van der Waals surface area contributed by atoms with E-state index in [4.69, 9.17) is 5.11 Å². The van der Waals surface area contributed by atoms with Crippen molar-refractivity contribution in [2.24, 2.45) is 0 Å². The molecule has 1 aliphatic heterocycles. The van der Waals surface area contributed by atoms with Crippen molar-refractivity contribution in [2.45, 2.75) is 25.8 Å². The number of nitro groups is 1. The summed E-state index contributed by atoms with van der Waals surface area (Å²) in [6, 6.07) is 0.864. The molecule has 0 spiro atoms. The highest BCUT2D eigenvalue weighted by molar-refractivity contribution is 5.98. The molecule has 1 aliphatic rings. The number of carboxylic acid groups (broad SMARTS) is 1. The number of nitro benzene ring substituents is 1. The van der Waals surface area contributed by atoms with Gasteiger partial charge in [-0.15, -0.1) is 0 Å². The van der Waals surface area contributed by atoms with Crippen molar-refractivity contribution in [3.63, 3.8) is 0 Å². The van der Waals surface area contributed by atoms with Crippen molar-refractivity contribution < 1.29 is 24.0 Å². The van der Waals surface area contributed by atoms with Crippen molar-refractivity contribution in [2.75, 3.05) is 6.54 Å². The molecule has 1 amide bonds. The van der Waals surface area contributed by atoms with E-state index >= 15 is 0 Å². The van der Waals surface area contributed by atoms with Crippen LogP contribution in [-0.4, -0.2) is 39.4 Å². The number of benzene rings is 1. The Morgan fingerprint density at radius 2 is 2.14 bits per heavy atom. The van der Waals surface area contributed by atoms with Crippen LogP contribution < -0.4 is 0 Å². The molecule has 0 aromatic heterocycles. The van der Waals surface area contributed by atoms with Gasteiger partial charge in [0.15, 0.2) is 0 Å². The standard InChI is InChI=1S/C13H13FN2O5/c1-7-5-8(16(20)21)6-9(11(7)14)12(17)15-4-2-3-10(15)13(18)19/h5-6,10H,2-4H2,1H3,(H,18,19)/t10-/m1/s1. The molecule has 1 atom stereocenters. The summed E-state index contributed by atoms with van der Waals surface area (Å²) < 4.78 is 14.1. The molecular weight excluding hydrogens is 283 g/mol. The van der Waals surface area contributed by atoms with Crippen LogP contribution in [0.5, 0.6) is 0 Å². The predicted molar refractivity (Wildman–Crippen MR) is 69.5 cm³/mol. The number of halogens is 1. The minimum atomic E-state index is -1.16. The lowest BCUT2D eigenvalue weighted by Gasteiger charge is -2.21. The number of aliphatic carboxylic acids is 1. The number of hydrogen-bond acceptors (Lipinski definition) is 4. The Morgan fingerprint density at radius 3 is 2.71 bits per heavy atom. The SMILES string of the molecule is Cc1cc([N+](=O)[O-])cc(C(=O)N2CCC[C@@H]2C(=O)O)c1F. The predicted octanol–water partition coefficient (Wildman–Crippen LogP) is 1.73. The van der Waals surface area contributed by atoms with Crippen LogP contribution in [0.25, 0.3) is 0 Å². The Morgan fingerprint density at radius 1 is 1.48 bits per heavy atom. The van der Waals surface area contributed by atoms with Gasteiger partial charge >= 0.3 is 5.97 Å². The molecule has 112 valence electrons. The smallest absolute Gasteiger partial charge is 0.326 e. The summed E-state index contributed by atoms with van der Waals surface area (Å²) in [6.07, 6.45) is 0.787. The minimum Gasteiger partial charge on any atom is -0.480 e. The van der Waals surface area contributed by atoms with Gasteiger partial charge in [0.05, 0.1) is 10.5 Å². The number of non-ortho nitro benzene ring substituents is 1. The quantitative estimate of drug-likeness (QED) is 0.676. The first-order chi connectivity index (χ1) is 9.82. The Kier molecular flexibility index (Phi) is 3.88. The summed E-state index contributed by atoms with van der Waals surface area (Å²) in [5.41, 5.74) is -0.892. The third kappa shape index (κ3) is 2.69. The zero-order chi connectivity index (χ0) is 15.7. The molecule has 1 heterocycles. The lowest BCUT2D eigenvalue weighted by Crippen LogP contribution is -2.40. The van der Waals surface area contributed by atoms with Crippen molar-refractivity contribution in [3.05, 3.63) is 39.2 Å². The number of nitrogens with zero attached hydrogens (tertiary/aromatic N) is 2. The van der Waals surface area contributed by atoms with E-state index in [9.17, 15) is 24.1 Å². The molecule has 1 saturated heterocycles. The molecule has 0 radical (unpaired) electrons. The fraction of sp³-hybridized carbons (Fsp3) is 0.385. The summed E-state index contributed by atoms with van der Waals surface area (Å²) in [5, 5.41) is 19.8. The maximum Gasteiger partial charge on any atom is 0.326 e. The summed E-state index contributed by atoms with van der Waals surface area (Å²) in [7, 11) is 0. The summed E-state index contributed by atoms with van der Waals surface area (Å²) in [4.78, 5) is 34.5. The largest absolute Gasteiger partial charge is 0.480 e. The van der Waals surface area contributed by atoms with Gasteiger partial charge in [0.25, 0.3) is 11.6 Å². The summed E-state index contributed by atoms with van der Waals surface area (Å²) >= 11 is 0. The molecule has 2 rings (SSSR count). The van der Waals surface area contributed by atoms with Crippen LogP contribution in [0, 0.1) is 22.9 Å². The zero-order valence-electron chi connectivity index (χ0n) is 11.2. The fourth-order valence-corrected chi connectivity index (χ4v) is 2.43. The third-order valence-electron chi connectivity index (χ3n) is 3.48. The second kappa shape index (κ2) is 5.47. The first-order valence-electron chi connectivity index (χ1n) is 6.31. The summed E-state index contributed by atoms with van der Waals surface area (Å²) in [5.74, 6) is -2.85. The Labute approximate surface area is 119 Å². The maximum atomic E-state index is 14.1. The van der Waals surface area contributed by atoms with E-state index in [0.29, 0.717) is 6.42 Å². The van der Waals surface area contributed by atoms with Gasteiger partial charge in [-0.25, -0.2) is 9.18 Å². The van der Waals surface area contributed by atoms with Crippen LogP contribution in [0.15, 0.2) is 12.1 Å². The van der Waals surface area contributed by atoms with Crippen molar-refractivity contribution in [3.8, 4) is 0 Å². The highest BCUT2D eigenvalue weighted by atomic mass is 19.1.